The van der Waals surface area contributed by atoms with E-state index < -0.39 is 0 Å². The molecule has 0 unspecified atom stereocenters. The number of hydrogen-bond acceptors (Lipinski definition) is 3. The quantitative estimate of drug-likeness (QED) is 0.403. The molecule has 0 bridgehead atoms. The normalized spacial score (nSPS) is 10.4. The summed E-state index contributed by atoms with van der Waals surface area (Å²) in [5.74, 6) is -0.234. The Hall–Kier alpha value is -0.570. The van der Waals surface area contributed by atoms with Crippen molar-refractivity contribution in [1.82, 2.24) is 0 Å². The second-order valence-electron chi connectivity index (χ2n) is 4.04. The molecular weight excluding hydrogens is 204 g/mol. The first-order chi connectivity index (χ1) is 7.81. The highest BCUT2D eigenvalue weighted by molar-refractivity contribution is 5.70. The number of carbonyl (C=O) groups excluding carboxylic acids is 1. The highest BCUT2D eigenvalue weighted by Gasteiger charge is 2.01. The molecule has 0 radical (unpaired) electrons. The zero-order chi connectivity index (χ0) is 12.1. The molecule has 0 aliphatic rings. The van der Waals surface area contributed by atoms with Gasteiger partial charge < -0.3 is 9.47 Å². The van der Waals surface area contributed by atoms with Crippen molar-refractivity contribution in [3.63, 3.8) is 0 Å². The van der Waals surface area contributed by atoms with Crippen molar-refractivity contribution in [2.24, 2.45) is 0 Å². The molecule has 16 heavy (non-hydrogen) atoms. The minimum atomic E-state index is -0.234. The lowest BCUT2D eigenvalue weighted by atomic mass is 10.2. The average molecular weight is 230 g/mol. The Kier molecular flexibility index (Phi) is 12.1. The minimum absolute atomic E-state index is 0.109. The Morgan fingerprint density at radius 2 is 1.56 bits per heavy atom. The van der Waals surface area contributed by atoms with Crippen LogP contribution in [0.15, 0.2) is 0 Å². The van der Waals surface area contributed by atoms with Crippen molar-refractivity contribution in [2.45, 2.75) is 58.8 Å². The largest absolute Gasteiger partial charge is 0.464 e. The molecular formula is C13H26O3. The van der Waals surface area contributed by atoms with Gasteiger partial charge in [-0.3, -0.25) is 0 Å². The minimum Gasteiger partial charge on any atom is -0.464 e. The Bertz CT molecular complexity index is 157. The van der Waals surface area contributed by atoms with Crippen LogP contribution in [0.5, 0.6) is 0 Å². The van der Waals surface area contributed by atoms with Gasteiger partial charge in [0.1, 0.15) is 6.61 Å². The third kappa shape index (κ3) is 11.5. The SMILES string of the molecule is CCCCCCCOCC(=O)OCCCC. The third-order valence-electron chi connectivity index (χ3n) is 2.37. The Balaban J connectivity index is 3.09. The van der Waals surface area contributed by atoms with Crippen LogP contribution in [-0.2, 0) is 14.3 Å². The molecule has 0 aromatic rings. The van der Waals surface area contributed by atoms with Gasteiger partial charge in [0, 0.05) is 6.61 Å². The van der Waals surface area contributed by atoms with Crippen LogP contribution in [0, 0.1) is 0 Å². The predicted molar refractivity (Wildman–Crippen MR) is 65.4 cm³/mol. The number of ether oxygens (including phenoxy) is 2. The summed E-state index contributed by atoms with van der Waals surface area (Å²) in [6.45, 7) is 5.57. The maximum atomic E-state index is 11.1. The fraction of sp³-hybridized carbons (Fsp3) is 0.923. The van der Waals surface area contributed by atoms with Crippen LogP contribution in [0.2, 0.25) is 0 Å². The Morgan fingerprint density at radius 3 is 2.25 bits per heavy atom. The van der Waals surface area contributed by atoms with Gasteiger partial charge in [0.05, 0.1) is 6.61 Å². The predicted octanol–water partition coefficient (Wildman–Crippen LogP) is 3.32. The number of esters is 1. The third-order valence-corrected chi connectivity index (χ3v) is 2.37. The molecule has 3 nitrogen and oxygen atoms in total. The van der Waals surface area contributed by atoms with Gasteiger partial charge in [-0.1, -0.05) is 46.0 Å². The van der Waals surface area contributed by atoms with Crippen LogP contribution in [-0.4, -0.2) is 25.8 Å². The van der Waals surface area contributed by atoms with E-state index in [1.54, 1.807) is 0 Å². The van der Waals surface area contributed by atoms with Gasteiger partial charge in [0.15, 0.2) is 0 Å². The lowest BCUT2D eigenvalue weighted by Crippen LogP contribution is -2.13. The zero-order valence-electron chi connectivity index (χ0n) is 10.8. The summed E-state index contributed by atoms with van der Waals surface area (Å²) < 4.78 is 10.2. The van der Waals surface area contributed by atoms with Crippen LogP contribution >= 0.6 is 0 Å². The monoisotopic (exact) mass is 230 g/mol. The van der Waals surface area contributed by atoms with E-state index in [0.717, 1.165) is 19.3 Å². The van der Waals surface area contributed by atoms with E-state index in [-0.39, 0.29) is 12.6 Å². The fourth-order valence-electron chi connectivity index (χ4n) is 1.34. The molecule has 0 atom stereocenters. The lowest BCUT2D eigenvalue weighted by molar-refractivity contribution is -0.149. The van der Waals surface area contributed by atoms with E-state index in [1.807, 2.05) is 0 Å². The van der Waals surface area contributed by atoms with E-state index >= 15 is 0 Å². The first-order valence-corrected chi connectivity index (χ1v) is 6.54. The fourth-order valence-corrected chi connectivity index (χ4v) is 1.34. The van der Waals surface area contributed by atoms with Gasteiger partial charge in [-0.25, -0.2) is 4.79 Å². The molecule has 3 heteroatoms. The van der Waals surface area contributed by atoms with Crippen LogP contribution in [0.3, 0.4) is 0 Å². The first-order valence-electron chi connectivity index (χ1n) is 6.54. The summed E-state index contributed by atoms with van der Waals surface area (Å²) in [4.78, 5) is 11.1. The molecule has 0 aliphatic heterocycles. The van der Waals surface area contributed by atoms with E-state index in [4.69, 9.17) is 9.47 Å². The smallest absolute Gasteiger partial charge is 0.332 e. The topological polar surface area (TPSA) is 35.5 Å². The van der Waals surface area contributed by atoms with E-state index in [2.05, 4.69) is 13.8 Å². The highest BCUT2D eigenvalue weighted by atomic mass is 16.6. The van der Waals surface area contributed by atoms with Gasteiger partial charge in [0.25, 0.3) is 0 Å². The molecule has 0 aromatic heterocycles. The molecule has 0 rings (SSSR count). The van der Waals surface area contributed by atoms with Crippen molar-refractivity contribution in [2.75, 3.05) is 19.8 Å². The van der Waals surface area contributed by atoms with Crippen molar-refractivity contribution in [1.29, 1.82) is 0 Å². The molecule has 0 fully saturated rings. The van der Waals surface area contributed by atoms with E-state index in [1.165, 1.54) is 25.7 Å². The summed E-state index contributed by atoms with van der Waals surface area (Å²) in [5.41, 5.74) is 0. The van der Waals surface area contributed by atoms with Crippen LogP contribution in [0.25, 0.3) is 0 Å². The molecule has 96 valence electrons. The Labute approximate surface area is 99.5 Å². The number of unbranched alkanes of at least 4 members (excludes halogenated alkanes) is 5. The number of carbonyl (C=O) groups is 1. The van der Waals surface area contributed by atoms with Crippen LogP contribution < -0.4 is 0 Å². The summed E-state index contributed by atoms with van der Waals surface area (Å²) in [7, 11) is 0. The van der Waals surface area contributed by atoms with Gasteiger partial charge in [0.2, 0.25) is 0 Å². The first kappa shape index (κ1) is 15.4. The van der Waals surface area contributed by atoms with Gasteiger partial charge in [-0.05, 0) is 12.8 Å². The van der Waals surface area contributed by atoms with E-state index in [0.29, 0.717) is 13.2 Å². The highest BCUT2D eigenvalue weighted by Crippen LogP contribution is 2.02. The molecule has 0 heterocycles. The maximum absolute atomic E-state index is 11.1. The summed E-state index contributed by atoms with van der Waals surface area (Å²) in [6.07, 6.45) is 8.03. The van der Waals surface area contributed by atoms with Gasteiger partial charge >= 0.3 is 5.97 Å². The second kappa shape index (κ2) is 12.5. The Morgan fingerprint density at radius 1 is 0.875 bits per heavy atom. The molecule has 0 aromatic carbocycles. The average Bonchev–Trinajstić information content (AvgIpc) is 2.28. The van der Waals surface area contributed by atoms with Crippen molar-refractivity contribution >= 4 is 5.97 Å². The number of rotatable bonds is 11. The van der Waals surface area contributed by atoms with Crippen molar-refractivity contribution < 1.29 is 14.3 Å². The molecule has 0 N–H and O–H groups in total. The summed E-state index contributed by atoms with van der Waals surface area (Å²) in [5, 5.41) is 0. The standard InChI is InChI=1S/C13H26O3/c1-3-5-7-8-9-10-15-12-13(14)16-11-6-4-2/h3-12H2,1-2H3. The van der Waals surface area contributed by atoms with Crippen LogP contribution in [0.1, 0.15) is 58.8 Å². The lowest BCUT2D eigenvalue weighted by Gasteiger charge is -2.05. The van der Waals surface area contributed by atoms with Crippen molar-refractivity contribution in [3.8, 4) is 0 Å². The molecule has 0 amide bonds. The molecule has 0 saturated carbocycles. The number of hydrogen-bond donors (Lipinski definition) is 0. The van der Waals surface area contributed by atoms with Crippen molar-refractivity contribution in [3.05, 3.63) is 0 Å². The second-order valence-corrected chi connectivity index (χ2v) is 4.04. The van der Waals surface area contributed by atoms with Crippen LogP contribution in [0.4, 0.5) is 0 Å². The summed E-state index contributed by atoms with van der Waals surface area (Å²) >= 11 is 0. The zero-order valence-corrected chi connectivity index (χ0v) is 10.8. The molecule has 0 aliphatic carbocycles. The molecule has 0 spiro atoms. The van der Waals surface area contributed by atoms with Gasteiger partial charge in [-0.2, -0.15) is 0 Å². The van der Waals surface area contributed by atoms with E-state index in [9.17, 15) is 4.79 Å². The summed E-state index contributed by atoms with van der Waals surface area (Å²) in [6, 6.07) is 0. The molecule has 0 saturated heterocycles. The maximum Gasteiger partial charge on any atom is 0.332 e. The van der Waals surface area contributed by atoms with Gasteiger partial charge in [-0.15, -0.1) is 0 Å².